The summed E-state index contributed by atoms with van der Waals surface area (Å²) in [5, 5.41) is 19.4. The second kappa shape index (κ2) is 7.78. The van der Waals surface area contributed by atoms with E-state index in [1.807, 2.05) is 0 Å². The maximum absolute atomic E-state index is 13.1. The minimum Gasteiger partial charge on any atom is -0.420 e. The SMILES string of the molecule is O=C(c1ccccc1[N+](=O)[O-])N1CCCC(c2nnc(-c3ccc(F)cc3)o2)C1. The lowest BCUT2D eigenvalue weighted by Crippen LogP contribution is -2.39. The Morgan fingerprint density at radius 1 is 1.17 bits per heavy atom. The number of carbonyl (C=O) groups excluding carboxylic acids is 1. The van der Waals surface area contributed by atoms with Crippen molar-refractivity contribution >= 4 is 11.6 Å². The molecule has 148 valence electrons. The minimum atomic E-state index is -0.554. The maximum Gasteiger partial charge on any atom is 0.282 e. The van der Waals surface area contributed by atoms with Crippen molar-refractivity contribution in [3.05, 3.63) is 75.9 Å². The van der Waals surface area contributed by atoms with Crippen LogP contribution < -0.4 is 0 Å². The summed E-state index contributed by atoms with van der Waals surface area (Å²) >= 11 is 0. The molecule has 4 rings (SSSR count). The lowest BCUT2D eigenvalue weighted by Gasteiger charge is -2.31. The van der Waals surface area contributed by atoms with E-state index in [1.54, 1.807) is 23.1 Å². The van der Waals surface area contributed by atoms with Gasteiger partial charge in [0.05, 0.1) is 10.8 Å². The standard InChI is InChI=1S/C20H17FN4O4/c21-15-9-7-13(8-10-15)18-22-23-19(29-18)14-4-3-11-24(12-14)20(26)16-5-1-2-6-17(16)25(27)28/h1-2,5-10,14H,3-4,11-12H2. The highest BCUT2D eigenvalue weighted by molar-refractivity contribution is 5.98. The Bertz CT molecular complexity index is 1050. The number of rotatable bonds is 4. The molecule has 0 N–H and O–H groups in total. The molecule has 29 heavy (non-hydrogen) atoms. The number of piperidine rings is 1. The molecule has 0 aliphatic carbocycles. The molecule has 1 saturated heterocycles. The third-order valence-electron chi connectivity index (χ3n) is 4.92. The Morgan fingerprint density at radius 2 is 1.93 bits per heavy atom. The van der Waals surface area contributed by atoms with Gasteiger partial charge in [0, 0.05) is 24.7 Å². The Morgan fingerprint density at radius 3 is 2.69 bits per heavy atom. The third-order valence-corrected chi connectivity index (χ3v) is 4.92. The van der Waals surface area contributed by atoms with E-state index >= 15 is 0 Å². The fourth-order valence-corrected chi connectivity index (χ4v) is 3.46. The van der Waals surface area contributed by atoms with Crippen LogP contribution >= 0.6 is 0 Å². The predicted molar refractivity (Wildman–Crippen MR) is 101 cm³/mol. The molecule has 3 aromatic rings. The maximum atomic E-state index is 13.1. The fraction of sp³-hybridized carbons (Fsp3) is 0.250. The second-order valence-electron chi connectivity index (χ2n) is 6.82. The molecular weight excluding hydrogens is 379 g/mol. The number of nitrogens with zero attached hydrogens (tertiary/aromatic N) is 4. The van der Waals surface area contributed by atoms with Gasteiger partial charge in [-0.25, -0.2) is 4.39 Å². The Balaban J connectivity index is 1.53. The lowest BCUT2D eigenvalue weighted by atomic mass is 9.97. The van der Waals surface area contributed by atoms with E-state index in [2.05, 4.69) is 10.2 Å². The molecule has 2 heterocycles. The molecule has 2 aromatic carbocycles. The number of nitro groups is 1. The van der Waals surface area contributed by atoms with E-state index in [1.165, 1.54) is 30.3 Å². The first-order chi connectivity index (χ1) is 14.0. The molecule has 1 aliphatic rings. The Kier molecular flexibility index (Phi) is 5.03. The molecule has 9 heteroatoms. The third kappa shape index (κ3) is 3.84. The smallest absolute Gasteiger partial charge is 0.282 e. The largest absolute Gasteiger partial charge is 0.420 e. The number of hydrogen-bond donors (Lipinski definition) is 0. The average Bonchev–Trinajstić information content (AvgIpc) is 3.24. The highest BCUT2D eigenvalue weighted by Crippen LogP contribution is 2.30. The van der Waals surface area contributed by atoms with Gasteiger partial charge in [0.15, 0.2) is 0 Å². The molecule has 0 radical (unpaired) electrons. The molecule has 1 unspecified atom stereocenters. The molecule has 0 bridgehead atoms. The topological polar surface area (TPSA) is 102 Å². The molecule has 0 saturated carbocycles. The van der Waals surface area contributed by atoms with Crippen LogP contribution in [0.2, 0.25) is 0 Å². The number of hydrogen-bond acceptors (Lipinski definition) is 6. The molecule has 0 spiro atoms. The van der Waals surface area contributed by atoms with Crippen LogP contribution in [0.15, 0.2) is 52.9 Å². The van der Waals surface area contributed by atoms with Gasteiger partial charge < -0.3 is 9.32 Å². The molecular formula is C20H17FN4O4. The van der Waals surface area contributed by atoms with Crippen LogP contribution in [0.5, 0.6) is 0 Å². The average molecular weight is 396 g/mol. The molecule has 1 atom stereocenters. The summed E-state index contributed by atoms with van der Waals surface area (Å²) < 4.78 is 18.8. The van der Waals surface area contributed by atoms with Gasteiger partial charge in [-0.05, 0) is 43.2 Å². The number of para-hydroxylation sites is 1. The van der Waals surface area contributed by atoms with Gasteiger partial charge in [0.2, 0.25) is 11.8 Å². The number of amides is 1. The van der Waals surface area contributed by atoms with Crippen molar-refractivity contribution in [1.29, 1.82) is 0 Å². The van der Waals surface area contributed by atoms with Crippen molar-refractivity contribution in [3.8, 4) is 11.5 Å². The van der Waals surface area contributed by atoms with Crippen molar-refractivity contribution in [2.45, 2.75) is 18.8 Å². The summed E-state index contributed by atoms with van der Waals surface area (Å²) in [5.74, 6) is -0.242. The monoisotopic (exact) mass is 396 g/mol. The number of benzene rings is 2. The van der Waals surface area contributed by atoms with Crippen LogP contribution in [-0.2, 0) is 0 Å². The Labute approximate surface area is 165 Å². The predicted octanol–water partition coefficient (Wildman–Crippen LogP) is 3.80. The second-order valence-corrected chi connectivity index (χ2v) is 6.82. The first-order valence-corrected chi connectivity index (χ1v) is 9.15. The lowest BCUT2D eigenvalue weighted by molar-refractivity contribution is -0.385. The summed E-state index contributed by atoms with van der Waals surface area (Å²) in [5.41, 5.74) is 0.459. The van der Waals surface area contributed by atoms with Crippen LogP contribution in [0.25, 0.3) is 11.5 Å². The first kappa shape index (κ1) is 18.7. The van der Waals surface area contributed by atoms with E-state index in [9.17, 15) is 19.3 Å². The number of carbonyl (C=O) groups is 1. The van der Waals surface area contributed by atoms with Gasteiger partial charge in [-0.3, -0.25) is 14.9 Å². The van der Waals surface area contributed by atoms with E-state index in [0.717, 1.165) is 6.42 Å². The van der Waals surface area contributed by atoms with E-state index in [-0.39, 0.29) is 34.8 Å². The molecule has 1 amide bonds. The van der Waals surface area contributed by atoms with Crippen LogP contribution in [0.3, 0.4) is 0 Å². The molecule has 1 aliphatic heterocycles. The highest BCUT2D eigenvalue weighted by Gasteiger charge is 2.31. The minimum absolute atomic E-state index is 0.0654. The summed E-state index contributed by atoms with van der Waals surface area (Å²) in [6.45, 7) is 0.830. The van der Waals surface area contributed by atoms with Gasteiger partial charge in [0.1, 0.15) is 11.4 Å². The van der Waals surface area contributed by atoms with Gasteiger partial charge in [0.25, 0.3) is 11.6 Å². The number of nitro benzene ring substituents is 1. The van der Waals surface area contributed by atoms with Crippen molar-refractivity contribution < 1.29 is 18.5 Å². The fourth-order valence-electron chi connectivity index (χ4n) is 3.46. The summed E-state index contributed by atoms with van der Waals surface area (Å²) in [6.07, 6.45) is 1.47. The van der Waals surface area contributed by atoms with Crippen LogP contribution in [0, 0.1) is 15.9 Å². The van der Waals surface area contributed by atoms with Crippen molar-refractivity contribution in [3.63, 3.8) is 0 Å². The highest BCUT2D eigenvalue weighted by atomic mass is 19.1. The number of likely N-dealkylation sites (tertiary alicyclic amines) is 1. The normalized spacial score (nSPS) is 16.6. The van der Waals surface area contributed by atoms with Crippen LogP contribution in [-0.4, -0.2) is 39.0 Å². The molecule has 1 aromatic heterocycles. The zero-order valence-electron chi connectivity index (χ0n) is 15.3. The van der Waals surface area contributed by atoms with Gasteiger partial charge in [-0.15, -0.1) is 10.2 Å². The summed E-state index contributed by atoms with van der Waals surface area (Å²) in [4.78, 5) is 25.1. The van der Waals surface area contributed by atoms with E-state index in [0.29, 0.717) is 31.0 Å². The Hall–Kier alpha value is -3.62. The van der Waals surface area contributed by atoms with E-state index in [4.69, 9.17) is 4.42 Å². The number of halogens is 1. The summed E-state index contributed by atoms with van der Waals surface area (Å²) in [7, 11) is 0. The van der Waals surface area contributed by atoms with Gasteiger partial charge in [-0.1, -0.05) is 12.1 Å². The summed E-state index contributed by atoms with van der Waals surface area (Å²) in [6, 6.07) is 11.7. The quantitative estimate of drug-likeness (QED) is 0.491. The molecule has 1 fully saturated rings. The van der Waals surface area contributed by atoms with Gasteiger partial charge in [-0.2, -0.15) is 0 Å². The van der Waals surface area contributed by atoms with Gasteiger partial charge >= 0.3 is 0 Å². The van der Waals surface area contributed by atoms with Crippen molar-refractivity contribution in [2.75, 3.05) is 13.1 Å². The van der Waals surface area contributed by atoms with Crippen LogP contribution in [0.1, 0.15) is 35.0 Å². The van der Waals surface area contributed by atoms with Crippen molar-refractivity contribution in [1.82, 2.24) is 15.1 Å². The van der Waals surface area contributed by atoms with Crippen LogP contribution in [0.4, 0.5) is 10.1 Å². The number of aromatic nitrogens is 2. The molecule has 8 nitrogen and oxygen atoms in total. The van der Waals surface area contributed by atoms with Crippen molar-refractivity contribution in [2.24, 2.45) is 0 Å². The zero-order valence-corrected chi connectivity index (χ0v) is 15.3. The first-order valence-electron chi connectivity index (χ1n) is 9.15. The zero-order chi connectivity index (χ0) is 20.4. The van der Waals surface area contributed by atoms with E-state index < -0.39 is 4.92 Å².